The van der Waals surface area contributed by atoms with Crippen molar-refractivity contribution in [3.05, 3.63) is 41.4 Å². The van der Waals surface area contributed by atoms with Gasteiger partial charge in [0.2, 0.25) is 11.8 Å². The Labute approximate surface area is 163 Å². The van der Waals surface area contributed by atoms with Crippen LogP contribution in [0.4, 0.5) is 0 Å². The third-order valence-electron chi connectivity index (χ3n) is 4.82. The Balaban J connectivity index is 1.53. The first-order valence-electron chi connectivity index (χ1n) is 8.75. The molecule has 140 valence electrons. The fourth-order valence-electron chi connectivity index (χ4n) is 2.82. The van der Waals surface area contributed by atoms with Crippen molar-refractivity contribution in [3.8, 4) is 11.3 Å². The summed E-state index contributed by atoms with van der Waals surface area (Å²) in [4.78, 5) is 16.8. The number of carbonyl (C=O) groups is 1. The first-order valence-corrected chi connectivity index (χ1v) is 10.2. The molecule has 2 atom stereocenters. The van der Waals surface area contributed by atoms with Crippen molar-refractivity contribution in [2.24, 2.45) is 11.7 Å². The van der Waals surface area contributed by atoms with E-state index in [4.69, 9.17) is 21.8 Å². The van der Waals surface area contributed by atoms with Gasteiger partial charge in [-0.15, -0.1) is 11.8 Å². The van der Waals surface area contributed by atoms with E-state index in [1.807, 2.05) is 38.1 Å². The van der Waals surface area contributed by atoms with Crippen molar-refractivity contribution >= 4 is 29.3 Å². The monoisotopic (exact) mass is 393 g/mol. The predicted molar refractivity (Wildman–Crippen MR) is 106 cm³/mol. The molecule has 0 saturated heterocycles. The normalized spacial score (nSPS) is 17.5. The van der Waals surface area contributed by atoms with Gasteiger partial charge in [0.1, 0.15) is 0 Å². The highest BCUT2D eigenvalue weighted by molar-refractivity contribution is 7.99. The number of oxazole rings is 1. The van der Waals surface area contributed by atoms with E-state index < -0.39 is 0 Å². The van der Waals surface area contributed by atoms with Gasteiger partial charge in [-0.2, -0.15) is 0 Å². The van der Waals surface area contributed by atoms with Crippen LogP contribution < -0.4 is 11.1 Å². The summed E-state index contributed by atoms with van der Waals surface area (Å²) in [5.74, 6) is 2.34. The summed E-state index contributed by atoms with van der Waals surface area (Å²) >= 11 is 7.40. The Morgan fingerprint density at radius 1 is 1.46 bits per heavy atom. The minimum Gasteiger partial charge on any atom is -0.440 e. The number of benzene rings is 1. The number of aromatic nitrogens is 1. The van der Waals surface area contributed by atoms with E-state index >= 15 is 0 Å². The molecule has 7 heteroatoms. The lowest BCUT2D eigenvalue weighted by Gasteiger charge is -2.30. The highest BCUT2D eigenvalue weighted by atomic mass is 35.5. The molecule has 0 radical (unpaired) electrons. The van der Waals surface area contributed by atoms with Crippen LogP contribution in [0.2, 0.25) is 5.02 Å². The quantitative estimate of drug-likeness (QED) is 0.711. The Morgan fingerprint density at radius 2 is 2.15 bits per heavy atom. The van der Waals surface area contributed by atoms with Crippen LogP contribution >= 0.6 is 23.4 Å². The minimum absolute atomic E-state index is 0.0133. The fourth-order valence-corrected chi connectivity index (χ4v) is 3.68. The summed E-state index contributed by atoms with van der Waals surface area (Å²) in [6.07, 6.45) is 3.97. The topological polar surface area (TPSA) is 81.2 Å². The summed E-state index contributed by atoms with van der Waals surface area (Å²) < 4.78 is 5.78. The number of thioether (sulfide) groups is 1. The van der Waals surface area contributed by atoms with Crippen LogP contribution in [0.3, 0.4) is 0 Å². The van der Waals surface area contributed by atoms with Gasteiger partial charge in [-0.25, -0.2) is 4.98 Å². The first kappa shape index (κ1) is 19.3. The number of nitrogens with two attached hydrogens (primary N) is 1. The van der Waals surface area contributed by atoms with Crippen LogP contribution in [0.25, 0.3) is 11.3 Å². The Bertz CT molecular complexity index is 760. The summed E-state index contributed by atoms with van der Waals surface area (Å²) in [5, 5.41) is 3.61. The number of hydrogen-bond donors (Lipinski definition) is 2. The summed E-state index contributed by atoms with van der Waals surface area (Å²) in [7, 11) is 0. The van der Waals surface area contributed by atoms with Crippen LogP contribution in [0.15, 0.2) is 34.9 Å². The van der Waals surface area contributed by atoms with Gasteiger partial charge in [0.25, 0.3) is 0 Å². The molecule has 1 aromatic carbocycles. The Kier molecular flexibility index (Phi) is 5.95. The number of halogens is 1. The molecular formula is C19H24ClN3O2S. The fraction of sp³-hybridized carbons (Fsp3) is 0.474. The van der Waals surface area contributed by atoms with Crippen LogP contribution in [-0.4, -0.2) is 28.2 Å². The molecule has 26 heavy (non-hydrogen) atoms. The van der Waals surface area contributed by atoms with Crippen molar-refractivity contribution in [2.75, 3.05) is 6.54 Å². The second-order valence-electron chi connectivity index (χ2n) is 6.96. The molecular weight excluding hydrogens is 370 g/mol. The first-order chi connectivity index (χ1) is 12.4. The molecule has 1 aliphatic carbocycles. The van der Waals surface area contributed by atoms with Gasteiger partial charge in [0, 0.05) is 17.1 Å². The number of nitrogens with zero attached hydrogens (tertiary/aromatic N) is 1. The minimum atomic E-state index is -0.295. The van der Waals surface area contributed by atoms with Gasteiger partial charge in [-0.1, -0.05) is 11.6 Å². The molecule has 0 bridgehead atoms. The largest absolute Gasteiger partial charge is 0.440 e. The Morgan fingerprint density at radius 3 is 2.77 bits per heavy atom. The smallest absolute Gasteiger partial charge is 0.233 e. The van der Waals surface area contributed by atoms with Gasteiger partial charge in [0.05, 0.1) is 22.7 Å². The second-order valence-corrected chi connectivity index (χ2v) is 8.73. The number of nitrogens with one attached hydrogen (secondary N) is 1. The third kappa shape index (κ3) is 4.61. The lowest BCUT2D eigenvalue weighted by atomic mass is 9.96. The van der Waals surface area contributed by atoms with E-state index in [0.717, 1.165) is 18.4 Å². The van der Waals surface area contributed by atoms with Crippen LogP contribution in [-0.2, 0) is 10.5 Å². The highest BCUT2D eigenvalue weighted by Crippen LogP contribution is 2.39. The molecule has 5 nitrogen and oxygen atoms in total. The third-order valence-corrected chi connectivity index (χ3v) is 6.20. The maximum Gasteiger partial charge on any atom is 0.233 e. The van der Waals surface area contributed by atoms with E-state index in [9.17, 15) is 4.79 Å². The molecule has 2 aromatic rings. The zero-order chi connectivity index (χ0) is 18.7. The maximum absolute atomic E-state index is 12.5. The second kappa shape index (κ2) is 8.03. The van der Waals surface area contributed by atoms with Crippen LogP contribution in [0, 0.1) is 5.92 Å². The summed E-state index contributed by atoms with van der Waals surface area (Å²) in [6, 6.07) is 7.41. The van der Waals surface area contributed by atoms with Crippen LogP contribution in [0.1, 0.15) is 32.6 Å². The summed E-state index contributed by atoms with van der Waals surface area (Å²) in [5.41, 5.74) is 6.50. The molecule has 1 saturated carbocycles. The van der Waals surface area contributed by atoms with E-state index in [1.54, 1.807) is 6.20 Å². The van der Waals surface area contributed by atoms with Gasteiger partial charge in [-0.3, -0.25) is 4.79 Å². The van der Waals surface area contributed by atoms with Crippen molar-refractivity contribution in [2.45, 2.75) is 43.2 Å². The van der Waals surface area contributed by atoms with E-state index in [-0.39, 0.29) is 16.7 Å². The number of rotatable bonds is 8. The van der Waals surface area contributed by atoms with Crippen molar-refractivity contribution < 1.29 is 9.21 Å². The van der Waals surface area contributed by atoms with Crippen molar-refractivity contribution in [1.82, 2.24) is 10.3 Å². The van der Waals surface area contributed by atoms with E-state index in [0.29, 0.717) is 34.9 Å². The Hall–Kier alpha value is -1.50. The summed E-state index contributed by atoms with van der Waals surface area (Å²) in [6.45, 7) is 4.39. The molecule has 2 unspecified atom stereocenters. The van der Waals surface area contributed by atoms with Crippen LogP contribution in [0.5, 0.6) is 0 Å². The SMILES string of the molecule is CC(SCc1ncc(-c2ccc(Cl)cc2)o1)C(=O)NC(C)(CN)C1CC1. The number of amides is 1. The predicted octanol–water partition coefficient (Wildman–Crippen LogP) is 3.86. The molecule has 3 rings (SSSR count). The van der Waals surface area contributed by atoms with E-state index in [2.05, 4.69) is 10.3 Å². The maximum atomic E-state index is 12.5. The average Bonchev–Trinajstić information content (AvgIpc) is 3.40. The molecule has 1 fully saturated rings. The highest BCUT2D eigenvalue weighted by Gasteiger charge is 2.42. The number of hydrogen-bond acceptors (Lipinski definition) is 5. The zero-order valence-electron chi connectivity index (χ0n) is 15.0. The van der Waals surface area contributed by atoms with E-state index in [1.165, 1.54) is 11.8 Å². The molecule has 1 amide bonds. The van der Waals surface area contributed by atoms with Gasteiger partial charge >= 0.3 is 0 Å². The average molecular weight is 394 g/mol. The molecule has 1 aliphatic rings. The molecule has 3 N–H and O–H groups in total. The molecule has 0 spiro atoms. The lowest BCUT2D eigenvalue weighted by molar-refractivity contribution is -0.122. The van der Waals surface area contributed by atoms with Gasteiger partial charge in [-0.05, 0) is 56.9 Å². The molecule has 0 aliphatic heterocycles. The standard InChI is InChI=1S/C19H24ClN3O2S/c1-12(18(24)23-19(2,11-21)14-5-6-14)26-10-17-22-9-16(25-17)13-3-7-15(20)8-4-13/h3-4,7-9,12,14H,5-6,10-11,21H2,1-2H3,(H,23,24). The van der Waals surface area contributed by atoms with Crippen molar-refractivity contribution in [1.29, 1.82) is 0 Å². The number of carbonyl (C=O) groups excluding carboxylic acids is 1. The van der Waals surface area contributed by atoms with Crippen molar-refractivity contribution in [3.63, 3.8) is 0 Å². The van der Waals surface area contributed by atoms with Gasteiger partial charge in [0.15, 0.2) is 5.76 Å². The van der Waals surface area contributed by atoms with Gasteiger partial charge < -0.3 is 15.5 Å². The molecule has 1 aromatic heterocycles. The molecule has 1 heterocycles. The zero-order valence-corrected chi connectivity index (χ0v) is 16.6. The lowest BCUT2D eigenvalue weighted by Crippen LogP contribution is -2.54.